The van der Waals surface area contributed by atoms with Crippen molar-refractivity contribution in [2.45, 2.75) is 51.7 Å². The Labute approximate surface area is 181 Å². The summed E-state index contributed by atoms with van der Waals surface area (Å²) in [5.74, 6) is 0.827. The molecule has 3 aromatic rings. The van der Waals surface area contributed by atoms with Crippen LogP contribution in [0.25, 0.3) is 5.65 Å². The molecule has 31 heavy (non-hydrogen) atoms. The van der Waals surface area contributed by atoms with E-state index in [1.54, 1.807) is 16.9 Å². The summed E-state index contributed by atoms with van der Waals surface area (Å²) in [4.78, 5) is 13.0. The Morgan fingerprint density at radius 3 is 2.71 bits per heavy atom. The van der Waals surface area contributed by atoms with Gasteiger partial charge in [-0.05, 0) is 26.0 Å². The van der Waals surface area contributed by atoms with Gasteiger partial charge in [0.15, 0.2) is 11.5 Å². The fraction of sp³-hybridized carbons (Fsp3) is 0.524. The lowest BCUT2D eigenvalue weighted by Crippen LogP contribution is -2.26. The minimum atomic E-state index is -0.166. The normalized spacial score (nSPS) is 13.3. The molecule has 0 aliphatic rings. The van der Waals surface area contributed by atoms with E-state index in [0.29, 0.717) is 24.4 Å². The van der Waals surface area contributed by atoms with Crippen molar-refractivity contribution in [3.63, 3.8) is 0 Å². The van der Waals surface area contributed by atoms with E-state index in [0.717, 1.165) is 30.6 Å². The number of pyridine rings is 1. The summed E-state index contributed by atoms with van der Waals surface area (Å²) in [7, 11) is 1.88. The third-order valence-electron chi connectivity index (χ3n) is 4.77. The van der Waals surface area contributed by atoms with E-state index in [2.05, 4.69) is 32.3 Å². The number of aromatic nitrogens is 5. The third kappa shape index (κ3) is 6.02. The molecule has 0 aromatic carbocycles. The maximum Gasteiger partial charge on any atom is 0.336 e. The molecule has 168 valence electrons. The van der Waals surface area contributed by atoms with Gasteiger partial charge in [0.05, 0.1) is 11.9 Å². The number of nitrogens with one attached hydrogen (secondary N) is 1. The van der Waals surface area contributed by atoms with Gasteiger partial charge in [-0.25, -0.2) is 14.5 Å². The van der Waals surface area contributed by atoms with Gasteiger partial charge in [-0.15, -0.1) is 5.10 Å². The molecule has 10 heteroatoms. The number of likely N-dealkylation sites (N-methyl/N-ethyl adjacent to an activating group) is 1. The van der Waals surface area contributed by atoms with Gasteiger partial charge in [-0.2, -0.15) is 4.98 Å². The highest BCUT2D eigenvalue weighted by molar-refractivity contribution is 5.59. The van der Waals surface area contributed by atoms with Crippen molar-refractivity contribution >= 4 is 11.5 Å². The predicted molar refractivity (Wildman–Crippen MR) is 117 cm³/mol. The largest absolute Gasteiger partial charge is 0.473 e. The van der Waals surface area contributed by atoms with E-state index in [-0.39, 0.29) is 30.6 Å². The van der Waals surface area contributed by atoms with Crippen molar-refractivity contribution in [2.75, 3.05) is 25.9 Å². The number of anilines is 1. The van der Waals surface area contributed by atoms with Crippen molar-refractivity contribution in [2.24, 2.45) is 0 Å². The zero-order chi connectivity index (χ0) is 22.2. The lowest BCUT2D eigenvalue weighted by Gasteiger charge is -2.16. The molecule has 0 bridgehead atoms. The number of hydrogen-bond acceptors (Lipinski definition) is 9. The Kier molecular flexibility index (Phi) is 7.96. The minimum Gasteiger partial charge on any atom is -0.473 e. The first kappa shape index (κ1) is 22.7. The molecule has 0 spiro atoms. The van der Waals surface area contributed by atoms with Crippen LogP contribution >= 0.6 is 0 Å². The number of aliphatic hydroxyl groups excluding tert-OH is 1. The summed E-state index contributed by atoms with van der Waals surface area (Å²) >= 11 is 0. The van der Waals surface area contributed by atoms with Crippen LogP contribution in [0.3, 0.4) is 0 Å². The number of nitrogens with zero attached hydrogens (tertiary/aromatic N) is 5. The van der Waals surface area contributed by atoms with Gasteiger partial charge >= 0.3 is 6.01 Å². The number of hydrogen-bond donors (Lipinski definition) is 3. The Balaban J connectivity index is 1.77. The molecule has 0 radical (unpaired) electrons. The van der Waals surface area contributed by atoms with Crippen molar-refractivity contribution in [1.29, 1.82) is 0 Å². The van der Waals surface area contributed by atoms with Gasteiger partial charge in [0.1, 0.15) is 12.2 Å². The van der Waals surface area contributed by atoms with Gasteiger partial charge < -0.3 is 25.6 Å². The van der Waals surface area contributed by atoms with Gasteiger partial charge in [0.2, 0.25) is 5.88 Å². The topological polar surface area (TPSA) is 133 Å². The molecule has 0 fully saturated rings. The summed E-state index contributed by atoms with van der Waals surface area (Å²) in [6, 6.07) is 4.00. The molecule has 1 unspecified atom stereocenters. The van der Waals surface area contributed by atoms with E-state index in [9.17, 15) is 5.11 Å². The van der Waals surface area contributed by atoms with Gasteiger partial charge in [0.25, 0.3) is 0 Å². The quantitative estimate of drug-likeness (QED) is 0.393. The number of imidazole rings is 1. The summed E-state index contributed by atoms with van der Waals surface area (Å²) in [5, 5.41) is 16.8. The maximum absolute atomic E-state index is 9.26. The molecular formula is C21H31N7O3. The average molecular weight is 430 g/mol. The Morgan fingerprint density at radius 2 is 2.03 bits per heavy atom. The molecule has 0 saturated carbocycles. The first-order valence-electron chi connectivity index (χ1n) is 10.6. The zero-order valence-corrected chi connectivity index (χ0v) is 18.3. The van der Waals surface area contributed by atoms with Crippen LogP contribution in [0, 0.1) is 0 Å². The second kappa shape index (κ2) is 10.9. The molecule has 2 atom stereocenters. The molecule has 0 aliphatic heterocycles. The summed E-state index contributed by atoms with van der Waals surface area (Å²) in [5.41, 5.74) is 8.38. The fourth-order valence-electron chi connectivity index (χ4n) is 3.31. The maximum atomic E-state index is 9.26. The van der Waals surface area contributed by atoms with Gasteiger partial charge in [-0.1, -0.05) is 19.4 Å². The SMILES string of the molecule is CCC[C@H](CCO)Oc1nc(N)c2ncc(Cc3ccc(OC(C)CNC)nc3)n2n1. The molecule has 0 aliphatic carbocycles. The van der Waals surface area contributed by atoms with Crippen LogP contribution in [0.1, 0.15) is 44.4 Å². The number of ether oxygens (including phenoxy) is 2. The number of aliphatic hydroxyl groups is 1. The van der Waals surface area contributed by atoms with Crippen molar-refractivity contribution in [3.8, 4) is 11.9 Å². The van der Waals surface area contributed by atoms with E-state index in [1.165, 1.54) is 0 Å². The van der Waals surface area contributed by atoms with Crippen LogP contribution in [-0.2, 0) is 6.42 Å². The van der Waals surface area contributed by atoms with Crippen LogP contribution in [-0.4, -0.2) is 62.1 Å². The van der Waals surface area contributed by atoms with E-state index < -0.39 is 0 Å². The van der Waals surface area contributed by atoms with Crippen molar-refractivity contribution in [3.05, 3.63) is 35.8 Å². The summed E-state index contributed by atoms with van der Waals surface area (Å²) < 4.78 is 13.3. The Hall–Kier alpha value is -2.98. The lowest BCUT2D eigenvalue weighted by atomic mass is 10.1. The van der Waals surface area contributed by atoms with Gasteiger partial charge in [-0.3, -0.25) is 0 Å². The molecule has 10 nitrogen and oxygen atoms in total. The standard InChI is InChI=1S/C21H31N7O3/c1-4-5-17(8-9-29)31-21-26-19(22)20-25-13-16(28(20)27-21)10-15-6-7-18(24-12-15)30-14(2)11-23-3/h6-7,12-14,17,23,29H,4-5,8-11H2,1-3H3,(H2,22,26,27)/t14?,17-/m1/s1. The highest BCUT2D eigenvalue weighted by Gasteiger charge is 2.16. The van der Waals surface area contributed by atoms with Crippen molar-refractivity contribution < 1.29 is 14.6 Å². The van der Waals surface area contributed by atoms with Crippen LogP contribution in [0.2, 0.25) is 0 Å². The predicted octanol–water partition coefficient (Wildman–Crippen LogP) is 1.61. The Morgan fingerprint density at radius 1 is 1.19 bits per heavy atom. The molecule has 3 heterocycles. The first-order chi connectivity index (χ1) is 15.0. The monoisotopic (exact) mass is 429 g/mol. The lowest BCUT2D eigenvalue weighted by molar-refractivity contribution is 0.133. The first-order valence-corrected chi connectivity index (χ1v) is 10.6. The zero-order valence-electron chi connectivity index (χ0n) is 18.3. The minimum absolute atomic E-state index is 0.0302. The highest BCUT2D eigenvalue weighted by atomic mass is 16.5. The second-order valence-electron chi connectivity index (χ2n) is 7.47. The molecule has 0 amide bonds. The van der Waals surface area contributed by atoms with Gasteiger partial charge in [0, 0.05) is 38.3 Å². The molecule has 3 aromatic heterocycles. The Bertz CT molecular complexity index is 956. The number of rotatable bonds is 12. The second-order valence-corrected chi connectivity index (χ2v) is 7.47. The third-order valence-corrected chi connectivity index (χ3v) is 4.77. The molecule has 0 saturated heterocycles. The number of nitrogen functional groups attached to an aromatic ring is 1. The van der Waals surface area contributed by atoms with Crippen LogP contribution in [0.15, 0.2) is 24.5 Å². The highest BCUT2D eigenvalue weighted by Crippen LogP contribution is 2.19. The van der Waals surface area contributed by atoms with E-state index in [4.69, 9.17) is 15.2 Å². The summed E-state index contributed by atoms with van der Waals surface area (Å²) in [6.07, 6.45) is 6.17. The molecule has 4 N–H and O–H groups in total. The molecule has 3 rings (SSSR count). The van der Waals surface area contributed by atoms with Crippen LogP contribution in [0.4, 0.5) is 5.82 Å². The van der Waals surface area contributed by atoms with Crippen molar-refractivity contribution in [1.82, 2.24) is 29.9 Å². The van der Waals surface area contributed by atoms with Crippen LogP contribution in [0.5, 0.6) is 11.9 Å². The number of nitrogens with two attached hydrogens (primary N) is 1. The fourth-order valence-corrected chi connectivity index (χ4v) is 3.31. The van der Waals surface area contributed by atoms with Crippen LogP contribution < -0.4 is 20.5 Å². The van der Waals surface area contributed by atoms with E-state index >= 15 is 0 Å². The average Bonchev–Trinajstić information content (AvgIpc) is 3.13. The summed E-state index contributed by atoms with van der Waals surface area (Å²) in [6.45, 7) is 4.83. The smallest absolute Gasteiger partial charge is 0.336 e. The molecular weight excluding hydrogens is 398 g/mol. The van der Waals surface area contributed by atoms with E-state index in [1.807, 2.05) is 26.1 Å². The number of fused-ring (bicyclic) bond motifs is 1.